The zero-order chi connectivity index (χ0) is 18.0. The molecular formula is C19H30N4O2. The molecule has 25 heavy (non-hydrogen) atoms. The second-order valence-corrected chi connectivity index (χ2v) is 7.84. The van der Waals surface area contributed by atoms with Crippen LogP contribution in [0.5, 0.6) is 0 Å². The Morgan fingerprint density at radius 1 is 1.36 bits per heavy atom. The molecule has 0 unspecified atom stereocenters. The van der Waals surface area contributed by atoms with Crippen LogP contribution < -0.4 is 10.2 Å². The van der Waals surface area contributed by atoms with E-state index in [0.717, 1.165) is 6.42 Å². The molecule has 0 radical (unpaired) electrons. The molecule has 3 rings (SSSR count). The second-order valence-electron chi connectivity index (χ2n) is 7.84. The number of nitrogens with zero attached hydrogens (tertiary/aromatic N) is 3. The Balaban J connectivity index is 1.76. The lowest BCUT2D eigenvalue weighted by Crippen LogP contribution is -2.41. The maximum absolute atomic E-state index is 12.4. The third kappa shape index (κ3) is 3.72. The van der Waals surface area contributed by atoms with Gasteiger partial charge in [0.05, 0.1) is 6.04 Å². The molecule has 1 amide bonds. The summed E-state index contributed by atoms with van der Waals surface area (Å²) in [5.74, 6) is 1.86. The molecule has 0 aromatic carbocycles. The number of anilines is 2. The minimum Gasteiger partial charge on any atom is -0.441 e. The van der Waals surface area contributed by atoms with Crippen molar-refractivity contribution in [1.29, 1.82) is 0 Å². The van der Waals surface area contributed by atoms with Crippen molar-refractivity contribution >= 4 is 17.9 Å². The lowest BCUT2D eigenvalue weighted by molar-refractivity contribution is 0.0678. The Hall–Kier alpha value is -1.85. The zero-order valence-corrected chi connectivity index (χ0v) is 15.8. The van der Waals surface area contributed by atoms with Gasteiger partial charge in [-0.3, -0.25) is 4.90 Å². The van der Waals surface area contributed by atoms with E-state index < -0.39 is 5.60 Å². The minimum absolute atomic E-state index is 0.0292. The van der Waals surface area contributed by atoms with Crippen molar-refractivity contribution in [3.63, 3.8) is 0 Å². The first-order valence-corrected chi connectivity index (χ1v) is 9.54. The number of hydrogen-bond acceptors (Lipinski definition) is 5. The summed E-state index contributed by atoms with van der Waals surface area (Å²) in [5.41, 5.74) is -0.514. The number of carbonyl (C=O) groups is 1. The van der Waals surface area contributed by atoms with Crippen molar-refractivity contribution < 1.29 is 9.53 Å². The molecule has 1 aromatic rings. The molecule has 1 aliphatic heterocycles. The molecule has 1 saturated carbocycles. The molecule has 2 heterocycles. The van der Waals surface area contributed by atoms with Crippen LogP contribution in [-0.4, -0.2) is 33.7 Å². The number of nitrogens with one attached hydrogen (secondary N) is 1. The summed E-state index contributed by atoms with van der Waals surface area (Å²) in [5, 5.41) is 3.44. The fourth-order valence-electron chi connectivity index (χ4n) is 4.22. The van der Waals surface area contributed by atoms with Crippen LogP contribution in [-0.2, 0) is 4.74 Å². The van der Waals surface area contributed by atoms with Crippen LogP contribution in [0.25, 0.3) is 0 Å². The molecule has 138 valence electrons. The predicted octanol–water partition coefficient (Wildman–Crippen LogP) is 4.37. The number of hydrogen-bond donors (Lipinski definition) is 1. The molecule has 6 heteroatoms. The summed E-state index contributed by atoms with van der Waals surface area (Å²) < 4.78 is 5.54. The van der Waals surface area contributed by atoms with Gasteiger partial charge in [-0.25, -0.2) is 9.78 Å². The van der Waals surface area contributed by atoms with Crippen molar-refractivity contribution in [1.82, 2.24) is 9.97 Å². The Kier molecular flexibility index (Phi) is 5.16. The summed E-state index contributed by atoms with van der Waals surface area (Å²) in [6, 6.07) is 2.08. The first-order valence-electron chi connectivity index (χ1n) is 9.54. The summed E-state index contributed by atoms with van der Waals surface area (Å²) >= 11 is 0. The Morgan fingerprint density at radius 3 is 2.76 bits per heavy atom. The van der Waals surface area contributed by atoms with Gasteiger partial charge in [0.1, 0.15) is 11.4 Å². The summed E-state index contributed by atoms with van der Waals surface area (Å²) in [7, 11) is 0. The summed E-state index contributed by atoms with van der Waals surface area (Å²) in [4.78, 5) is 23.0. The highest BCUT2D eigenvalue weighted by Gasteiger charge is 2.48. The molecule has 0 spiro atoms. The quantitative estimate of drug-likeness (QED) is 0.857. The van der Waals surface area contributed by atoms with Gasteiger partial charge < -0.3 is 10.1 Å². The highest BCUT2D eigenvalue weighted by molar-refractivity contribution is 5.90. The van der Waals surface area contributed by atoms with Gasteiger partial charge in [-0.1, -0.05) is 26.2 Å². The molecule has 1 N–H and O–H groups in total. The van der Waals surface area contributed by atoms with Crippen molar-refractivity contribution in [2.75, 3.05) is 10.2 Å². The molecular weight excluding hydrogens is 316 g/mol. The van der Waals surface area contributed by atoms with Crippen molar-refractivity contribution in [3.05, 3.63) is 12.3 Å². The molecule has 1 saturated heterocycles. The third-order valence-corrected chi connectivity index (χ3v) is 5.65. The van der Waals surface area contributed by atoms with Crippen LogP contribution >= 0.6 is 0 Å². The van der Waals surface area contributed by atoms with Gasteiger partial charge in [-0.05, 0) is 52.0 Å². The lowest BCUT2D eigenvalue weighted by atomic mass is 9.85. The van der Waals surface area contributed by atoms with Crippen LogP contribution in [0.2, 0.25) is 0 Å². The van der Waals surface area contributed by atoms with Crippen LogP contribution in [0.3, 0.4) is 0 Å². The van der Waals surface area contributed by atoms with E-state index in [0.29, 0.717) is 23.7 Å². The second kappa shape index (κ2) is 7.18. The largest absolute Gasteiger partial charge is 0.441 e. The minimum atomic E-state index is -0.514. The number of ether oxygens (including phenoxy) is 1. The Bertz CT molecular complexity index is 613. The first kappa shape index (κ1) is 18.0. The van der Waals surface area contributed by atoms with Gasteiger partial charge in [0, 0.05) is 12.2 Å². The SMILES string of the molecule is CC[C@@H]1N(c2ccnc(N[C@@H](C)C3CCCCC3)n2)C(=O)OC1(C)C. The van der Waals surface area contributed by atoms with Crippen LogP contribution in [0, 0.1) is 5.92 Å². The van der Waals surface area contributed by atoms with E-state index in [1.54, 1.807) is 17.2 Å². The number of aromatic nitrogens is 2. The number of carbonyl (C=O) groups excluding carboxylic acids is 1. The van der Waals surface area contributed by atoms with E-state index in [2.05, 4.69) is 29.1 Å². The Labute approximate surface area is 150 Å². The monoisotopic (exact) mass is 346 g/mol. The fourth-order valence-corrected chi connectivity index (χ4v) is 4.22. The van der Waals surface area contributed by atoms with Gasteiger partial charge in [0.15, 0.2) is 0 Å². The van der Waals surface area contributed by atoms with Crippen molar-refractivity contribution in [2.45, 2.75) is 83.9 Å². The molecule has 6 nitrogen and oxygen atoms in total. The van der Waals surface area contributed by atoms with Gasteiger partial charge in [-0.2, -0.15) is 4.98 Å². The maximum Gasteiger partial charge on any atom is 0.416 e. The van der Waals surface area contributed by atoms with Crippen molar-refractivity contribution in [3.8, 4) is 0 Å². The molecule has 2 fully saturated rings. The van der Waals surface area contributed by atoms with Gasteiger partial charge in [0.25, 0.3) is 0 Å². The summed E-state index contributed by atoms with van der Waals surface area (Å²) in [6.45, 7) is 8.16. The number of cyclic esters (lactones) is 1. The summed E-state index contributed by atoms with van der Waals surface area (Å²) in [6.07, 6.45) is 8.68. The van der Waals surface area contributed by atoms with Gasteiger partial charge >= 0.3 is 6.09 Å². The van der Waals surface area contributed by atoms with Gasteiger partial charge in [0.2, 0.25) is 5.95 Å². The number of rotatable bonds is 5. The smallest absolute Gasteiger partial charge is 0.416 e. The highest BCUT2D eigenvalue weighted by atomic mass is 16.6. The van der Waals surface area contributed by atoms with E-state index >= 15 is 0 Å². The van der Waals surface area contributed by atoms with Crippen LogP contribution in [0.1, 0.15) is 66.2 Å². The molecule has 1 aliphatic carbocycles. The average molecular weight is 346 g/mol. The van der Waals surface area contributed by atoms with E-state index in [1.165, 1.54) is 32.1 Å². The Morgan fingerprint density at radius 2 is 2.08 bits per heavy atom. The standard InChI is InChI=1S/C19H30N4O2/c1-5-15-19(3,4)25-18(24)23(15)16-11-12-20-17(22-16)21-13(2)14-9-7-6-8-10-14/h11-15H,5-10H2,1-4H3,(H,20,21,22)/t13-,15-/m0/s1. The third-order valence-electron chi connectivity index (χ3n) is 5.65. The normalized spacial score (nSPS) is 24.9. The maximum atomic E-state index is 12.4. The van der Waals surface area contributed by atoms with E-state index in [9.17, 15) is 4.79 Å². The molecule has 2 aliphatic rings. The predicted molar refractivity (Wildman–Crippen MR) is 98.8 cm³/mol. The molecule has 2 atom stereocenters. The zero-order valence-electron chi connectivity index (χ0n) is 15.8. The average Bonchev–Trinajstić information content (AvgIpc) is 2.83. The van der Waals surface area contributed by atoms with Crippen molar-refractivity contribution in [2.24, 2.45) is 5.92 Å². The topological polar surface area (TPSA) is 67.4 Å². The van der Waals surface area contributed by atoms with Crippen LogP contribution in [0.15, 0.2) is 12.3 Å². The lowest BCUT2D eigenvalue weighted by Gasteiger charge is -2.29. The first-order chi connectivity index (χ1) is 11.9. The molecule has 1 aromatic heterocycles. The van der Waals surface area contributed by atoms with Gasteiger partial charge in [-0.15, -0.1) is 0 Å². The van der Waals surface area contributed by atoms with Crippen LogP contribution in [0.4, 0.5) is 16.6 Å². The van der Waals surface area contributed by atoms with E-state index in [4.69, 9.17) is 4.74 Å². The number of amides is 1. The van der Waals surface area contributed by atoms with E-state index in [-0.39, 0.29) is 12.1 Å². The highest BCUT2D eigenvalue weighted by Crippen LogP contribution is 2.35. The molecule has 0 bridgehead atoms. The van der Waals surface area contributed by atoms with E-state index in [1.807, 2.05) is 13.8 Å². The fraction of sp³-hybridized carbons (Fsp3) is 0.737.